The first-order valence-electron chi connectivity index (χ1n) is 11.5. The Balaban J connectivity index is 1.26. The van der Waals surface area contributed by atoms with Crippen molar-refractivity contribution in [1.29, 1.82) is 0 Å². The molecular weight excluding hydrogens is 473 g/mol. The molecule has 1 aliphatic carbocycles. The van der Waals surface area contributed by atoms with E-state index >= 15 is 0 Å². The first kappa shape index (κ1) is 22.4. The van der Waals surface area contributed by atoms with E-state index in [9.17, 15) is 13.2 Å². The monoisotopic (exact) mass is 496 g/mol. The van der Waals surface area contributed by atoms with E-state index in [1.165, 1.54) is 0 Å². The third-order valence-electron chi connectivity index (χ3n) is 6.52. The number of alkyl halides is 3. The summed E-state index contributed by atoms with van der Waals surface area (Å²) < 4.78 is 48.3. The number of nitrogens with one attached hydrogen (secondary N) is 2. The van der Waals surface area contributed by atoms with Crippen molar-refractivity contribution in [3.63, 3.8) is 0 Å². The van der Waals surface area contributed by atoms with Crippen molar-refractivity contribution in [2.45, 2.75) is 44.2 Å². The van der Waals surface area contributed by atoms with Crippen LogP contribution in [0, 0.1) is 0 Å². The van der Waals surface area contributed by atoms with Crippen molar-refractivity contribution in [2.24, 2.45) is 0 Å². The molecule has 1 fully saturated rings. The molecule has 2 aliphatic rings. The fourth-order valence-corrected chi connectivity index (χ4v) is 4.38. The molecule has 3 aromatic heterocycles. The molecule has 4 aromatic rings. The second kappa shape index (κ2) is 7.97. The Labute approximate surface area is 204 Å². The van der Waals surface area contributed by atoms with Crippen LogP contribution in [0.3, 0.4) is 0 Å². The van der Waals surface area contributed by atoms with Gasteiger partial charge in [-0.25, -0.2) is 14.6 Å². The van der Waals surface area contributed by atoms with E-state index in [0.717, 1.165) is 35.7 Å². The Bertz CT molecular complexity index is 1470. The molecule has 186 valence electrons. The van der Waals surface area contributed by atoms with Crippen LogP contribution >= 0.6 is 0 Å². The van der Waals surface area contributed by atoms with Crippen LogP contribution < -0.4 is 15.4 Å². The SMILES string of the molecule is COc1cnn(C2CC2)c1-c1ncc2cnn(Cc3ccc(C4(C)NC=C(C(F)(F)F)N4)cc3)c2n1. The lowest BCUT2D eigenvalue weighted by Crippen LogP contribution is -2.45. The number of aromatic nitrogens is 6. The van der Waals surface area contributed by atoms with Gasteiger partial charge in [-0.1, -0.05) is 24.3 Å². The normalized spacial score (nSPS) is 19.8. The first-order chi connectivity index (χ1) is 17.2. The van der Waals surface area contributed by atoms with Gasteiger partial charge in [-0.05, 0) is 30.9 Å². The van der Waals surface area contributed by atoms with Crippen molar-refractivity contribution in [2.75, 3.05) is 7.11 Å². The number of fused-ring (bicyclic) bond motifs is 1. The van der Waals surface area contributed by atoms with Crippen molar-refractivity contribution in [1.82, 2.24) is 40.2 Å². The molecule has 1 aliphatic heterocycles. The van der Waals surface area contributed by atoms with Crippen LogP contribution in [0.25, 0.3) is 22.6 Å². The number of hydrogen-bond acceptors (Lipinski definition) is 7. The summed E-state index contributed by atoms with van der Waals surface area (Å²) in [4.78, 5) is 9.32. The second-order valence-electron chi connectivity index (χ2n) is 9.16. The summed E-state index contributed by atoms with van der Waals surface area (Å²) in [5.74, 6) is 1.13. The number of allylic oxidation sites excluding steroid dienone is 1. The van der Waals surface area contributed by atoms with Crippen molar-refractivity contribution < 1.29 is 17.9 Å². The number of hydrogen-bond donors (Lipinski definition) is 2. The molecule has 0 saturated heterocycles. The van der Waals surface area contributed by atoms with Crippen molar-refractivity contribution in [3.05, 3.63) is 65.9 Å². The Morgan fingerprint density at radius 3 is 2.56 bits per heavy atom. The summed E-state index contributed by atoms with van der Waals surface area (Å²) in [6, 6.07) is 7.67. The van der Waals surface area contributed by atoms with Crippen LogP contribution in [0.5, 0.6) is 5.75 Å². The lowest BCUT2D eigenvalue weighted by atomic mass is 10.0. The molecule has 6 rings (SSSR count). The van der Waals surface area contributed by atoms with E-state index in [4.69, 9.17) is 9.72 Å². The highest BCUT2D eigenvalue weighted by Gasteiger charge is 2.42. The van der Waals surface area contributed by atoms with Gasteiger partial charge < -0.3 is 15.4 Å². The Morgan fingerprint density at radius 2 is 1.89 bits per heavy atom. The molecule has 9 nitrogen and oxygen atoms in total. The molecule has 1 atom stereocenters. The molecule has 0 amide bonds. The van der Waals surface area contributed by atoms with E-state index in [1.807, 2.05) is 16.8 Å². The highest BCUT2D eigenvalue weighted by atomic mass is 19.4. The van der Waals surface area contributed by atoms with Gasteiger partial charge in [0, 0.05) is 12.4 Å². The number of nitrogens with zero attached hydrogens (tertiary/aromatic N) is 6. The average Bonchev–Trinajstić information content (AvgIpc) is 3.29. The molecular formula is C24H23F3N8O. The average molecular weight is 496 g/mol. The van der Waals surface area contributed by atoms with Crippen LogP contribution in [0.2, 0.25) is 0 Å². The van der Waals surface area contributed by atoms with E-state index in [1.54, 1.807) is 49.4 Å². The smallest absolute Gasteiger partial charge is 0.432 e. The Hall–Kier alpha value is -4.09. The highest BCUT2D eigenvalue weighted by molar-refractivity contribution is 5.76. The first-order valence-corrected chi connectivity index (χ1v) is 11.5. The minimum Gasteiger partial charge on any atom is -0.493 e. The maximum atomic E-state index is 13.0. The lowest BCUT2D eigenvalue weighted by Gasteiger charge is -2.28. The largest absolute Gasteiger partial charge is 0.493 e. The lowest BCUT2D eigenvalue weighted by molar-refractivity contribution is -0.0975. The summed E-state index contributed by atoms with van der Waals surface area (Å²) in [5.41, 5.74) is 1.17. The van der Waals surface area contributed by atoms with Crippen LogP contribution in [-0.2, 0) is 12.2 Å². The van der Waals surface area contributed by atoms with E-state index in [2.05, 4.69) is 25.8 Å². The third kappa shape index (κ3) is 3.82. The zero-order chi connectivity index (χ0) is 25.1. The zero-order valence-corrected chi connectivity index (χ0v) is 19.5. The third-order valence-corrected chi connectivity index (χ3v) is 6.52. The molecule has 0 bridgehead atoms. The molecule has 1 unspecified atom stereocenters. The van der Waals surface area contributed by atoms with Crippen LogP contribution in [0.4, 0.5) is 13.2 Å². The fraction of sp³-hybridized carbons (Fsp3) is 0.333. The predicted octanol–water partition coefficient (Wildman–Crippen LogP) is 3.85. The van der Waals surface area contributed by atoms with Gasteiger partial charge in [0.25, 0.3) is 0 Å². The number of rotatable bonds is 6. The van der Waals surface area contributed by atoms with Gasteiger partial charge in [0.2, 0.25) is 0 Å². The Morgan fingerprint density at radius 1 is 1.11 bits per heavy atom. The van der Waals surface area contributed by atoms with E-state index < -0.39 is 17.5 Å². The quantitative estimate of drug-likeness (QED) is 0.419. The molecule has 0 spiro atoms. The van der Waals surface area contributed by atoms with Crippen LogP contribution in [0.1, 0.15) is 36.9 Å². The predicted molar refractivity (Wildman–Crippen MR) is 125 cm³/mol. The minimum atomic E-state index is -4.44. The van der Waals surface area contributed by atoms with Crippen LogP contribution in [-0.4, -0.2) is 42.8 Å². The second-order valence-corrected chi connectivity index (χ2v) is 9.16. The van der Waals surface area contributed by atoms with E-state index in [0.29, 0.717) is 35.4 Å². The summed E-state index contributed by atoms with van der Waals surface area (Å²) in [5, 5.41) is 15.1. The maximum Gasteiger partial charge on any atom is 0.432 e. The van der Waals surface area contributed by atoms with Crippen molar-refractivity contribution in [3.8, 4) is 17.3 Å². The number of methoxy groups -OCH3 is 1. The van der Waals surface area contributed by atoms with Crippen LogP contribution in [0.15, 0.2) is 54.8 Å². The van der Waals surface area contributed by atoms with Gasteiger partial charge in [-0.15, -0.1) is 0 Å². The summed E-state index contributed by atoms with van der Waals surface area (Å²) >= 11 is 0. The molecule has 2 N–H and O–H groups in total. The highest BCUT2D eigenvalue weighted by Crippen LogP contribution is 2.40. The standard InChI is InChI=1S/C24H23F3N8O/c1-23(29-12-19(33-23)24(25,26)27)16-5-3-14(4-6-16)13-34-22-15(10-30-34)9-28-21(32-22)20-18(36-2)11-31-35(20)17-7-8-17/h3-6,9-12,17,29,33H,7-8,13H2,1-2H3. The van der Waals surface area contributed by atoms with Gasteiger partial charge in [-0.3, -0.25) is 4.68 Å². The molecule has 1 aromatic carbocycles. The van der Waals surface area contributed by atoms with Gasteiger partial charge in [0.1, 0.15) is 17.1 Å². The molecule has 1 saturated carbocycles. The number of benzene rings is 1. The van der Waals surface area contributed by atoms with Crippen molar-refractivity contribution >= 4 is 11.0 Å². The summed E-state index contributed by atoms with van der Waals surface area (Å²) in [6.45, 7) is 2.10. The van der Waals surface area contributed by atoms with E-state index in [-0.39, 0.29) is 0 Å². The van der Waals surface area contributed by atoms with Gasteiger partial charge in [-0.2, -0.15) is 23.4 Å². The van der Waals surface area contributed by atoms with Gasteiger partial charge in [0.15, 0.2) is 17.2 Å². The maximum absolute atomic E-state index is 13.0. The molecule has 0 radical (unpaired) electrons. The summed E-state index contributed by atoms with van der Waals surface area (Å²) in [6.07, 6.45) is 3.77. The minimum absolute atomic E-state index is 0.333. The molecule has 12 heteroatoms. The fourth-order valence-electron chi connectivity index (χ4n) is 4.38. The Kier molecular flexibility index (Phi) is 4.95. The molecule has 36 heavy (non-hydrogen) atoms. The van der Waals surface area contributed by atoms with Gasteiger partial charge >= 0.3 is 6.18 Å². The number of ether oxygens (including phenoxy) is 1. The topological polar surface area (TPSA) is 94.7 Å². The van der Waals surface area contributed by atoms with Gasteiger partial charge in [0.05, 0.1) is 37.5 Å². The number of halogens is 3. The zero-order valence-electron chi connectivity index (χ0n) is 19.5. The summed E-state index contributed by atoms with van der Waals surface area (Å²) in [7, 11) is 1.60. The molecule has 4 heterocycles.